The van der Waals surface area contributed by atoms with E-state index in [1.807, 2.05) is 32.0 Å². The molecule has 0 saturated heterocycles. The Bertz CT molecular complexity index is 525. The van der Waals surface area contributed by atoms with Gasteiger partial charge in [0, 0.05) is 0 Å². The Morgan fingerprint density at radius 3 is 1.76 bits per heavy atom. The summed E-state index contributed by atoms with van der Waals surface area (Å²) in [5.41, 5.74) is 3.06. The van der Waals surface area contributed by atoms with Gasteiger partial charge < -0.3 is 10.2 Å². The van der Waals surface area contributed by atoms with Gasteiger partial charge in [-0.25, -0.2) is 0 Å². The summed E-state index contributed by atoms with van der Waals surface area (Å²) in [4.78, 5) is 15.4. The minimum Gasteiger partial charge on any atom is -0.430 e. The SMILES string of the molecule is Cc1cccc(C)c1[N-]C(=O)N(C1CCCCC1)C1CCCCC1.[Na+]. The molecule has 2 aliphatic carbocycles. The van der Waals surface area contributed by atoms with Gasteiger partial charge in [-0.3, -0.25) is 4.79 Å². The molecule has 1 aromatic rings. The van der Waals surface area contributed by atoms with Crippen LogP contribution in [-0.4, -0.2) is 23.0 Å². The normalized spacial score (nSPS) is 19.1. The molecule has 1 aromatic carbocycles. The summed E-state index contributed by atoms with van der Waals surface area (Å²) in [6.07, 6.45) is 12.3. The summed E-state index contributed by atoms with van der Waals surface area (Å²) >= 11 is 0. The second kappa shape index (κ2) is 9.99. The van der Waals surface area contributed by atoms with E-state index >= 15 is 0 Å². The minimum absolute atomic E-state index is 0. The van der Waals surface area contributed by atoms with Crippen LogP contribution in [0.4, 0.5) is 10.5 Å². The van der Waals surface area contributed by atoms with Gasteiger partial charge in [0.15, 0.2) is 6.03 Å². The number of hydrogen-bond donors (Lipinski definition) is 0. The molecule has 0 heterocycles. The number of carbonyl (C=O) groups excluding carboxylic acids is 1. The molecule has 2 aliphatic rings. The smallest absolute Gasteiger partial charge is 0.430 e. The van der Waals surface area contributed by atoms with Crippen molar-refractivity contribution < 1.29 is 34.4 Å². The number of benzene rings is 1. The largest absolute Gasteiger partial charge is 1.00 e. The van der Waals surface area contributed by atoms with Gasteiger partial charge in [0.2, 0.25) is 0 Å². The number of rotatable bonds is 3. The third-order valence-corrected chi connectivity index (χ3v) is 5.80. The third kappa shape index (κ3) is 5.24. The molecule has 3 nitrogen and oxygen atoms in total. The zero-order valence-electron chi connectivity index (χ0n) is 16.3. The standard InChI is InChI=1S/C21H32N2O.Na/c1-16-10-9-11-17(2)20(16)22-21(24)23(18-12-5-3-6-13-18)19-14-7-4-8-15-19;/h9-11,18-19H,3-8,12-15H2,1-2H3,(H,22,24);/q;+1/p-1. The van der Waals surface area contributed by atoms with Crippen molar-refractivity contribution in [1.82, 2.24) is 4.90 Å². The molecular weight excluding hydrogens is 319 g/mol. The number of aryl methyl sites for hydroxylation is 2. The van der Waals surface area contributed by atoms with Crippen LogP contribution < -0.4 is 29.6 Å². The molecule has 0 aromatic heterocycles. The predicted octanol–water partition coefficient (Wildman–Crippen LogP) is 3.40. The maximum absolute atomic E-state index is 13.2. The van der Waals surface area contributed by atoms with Crippen LogP contribution in [-0.2, 0) is 0 Å². The second-order valence-electron chi connectivity index (χ2n) is 7.63. The van der Waals surface area contributed by atoms with Gasteiger partial charge in [0.1, 0.15) is 0 Å². The fourth-order valence-corrected chi connectivity index (χ4v) is 4.46. The predicted molar refractivity (Wildman–Crippen MR) is 99.9 cm³/mol. The van der Waals surface area contributed by atoms with Crippen LogP contribution in [0.1, 0.15) is 75.3 Å². The Balaban J connectivity index is 0.00000225. The fourth-order valence-electron chi connectivity index (χ4n) is 4.46. The average molecular weight is 350 g/mol. The maximum Gasteiger partial charge on any atom is 1.00 e. The van der Waals surface area contributed by atoms with Crippen molar-refractivity contribution in [3.63, 3.8) is 0 Å². The van der Waals surface area contributed by atoms with Crippen LogP contribution in [0.3, 0.4) is 0 Å². The fraction of sp³-hybridized carbons (Fsp3) is 0.667. The van der Waals surface area contributed by atoms with Crippen molar-refractivity contribution >= 4 is 11.7 Å². The summed E-state index contributed by atoms with van der Waals surface area (Å²) in [6.45, 7) is 4.09. The molecule has 0 radical (unpaired) electrons. The van der Waals surface area contributed by atoms with Gasteiger partial charge in [-0.15, -0.1) is 0 Å². The van der Waals surface area contributed by atoms with Crippen molar-refractivity contribution in [1.29, 1.82) is 0 Å². The number of nitrogens with zero attached hydrogens (tertiary/aromatic N) is 2. The number of para-hydroxylation sites is 1. The number of carbonyl (C=O) groups is 1. The molecule has 2 fully saturated rings. The van der Waals surface area contributed by atoms with Gasteiger partial charge in [-0.2, -0.15) is 0 Å². The Hall–Kier alpha value is -0.510. The molecule has 0 spiro atoms. The molecule has 4 heteroatoms. The monoisotopic (exact) mass is 350 g/mol. The van der Waals surface area contributed by atoms with Crippen molar-refractivity contribution in [3.8, 4) is 0 Å². The molecule has 3 rings (SSSR count). The zero-order chi connectivity index (χ0) is 16.9. The summed E-state index contributed by atoms with van der Waals surface area (Å²) in [5.74, 6) is 0. The zero-order valence-corrected chi connectivity index (χ0v) is 18.3. The van der Waals surface area contributed by atoms with Crippen LogP contribution in [0.5, 0.6) is 0 Å². The quantitative estimate of drug-likeness (QED) is 0.770. The van der Waals surface area contributed by atoms with E-state index < -0.39 is 0 Å². The first-order chi connectivity index (χ1) is 11.7. The van der Waals surface area contributed by atoms with Gasteiger partial charge >= 0.3 is 29.6 Å². The molecule has 25 heavy (non-hydrogen) atoms. The van der Waals surface area contributed by atoms with E-state index in [0.717, 1.165) is 42.5 Å². The van der Waals surface area contributed by atoms with E-state index in [1.165, 1.54) is 38.5 Å². The van der Waals surface area contributed by atoms with Crippen LogP contribution in [0.25, 0.3) is 5.32 Å². The van der Waals surface area contributed by atoms with E-state index in [9.17, 15) is 4.79 Å². The molecule has 0 bridgehead atoms. The molecular formula is C21H31N2NaO. The van der Waals surface area contributed by atoms with Crippen LogP contribution in [0.2, 0.25) is 0 Å². The summed E-state index contributed by atoms with van der Waals surface area (Å²) < 4.78 is 0. The van der Waals surface area contributed by atoms with Crippen LogP contribution in [0.15, 0.2) is 18.2 Å². The van der Waals surface area contributed by atoms with Gasteiger partial charge in [0.25, 0.3) is 0 Å². The molecule has 0 atom stereocenters. The molecule has 0 aliphatic heterocycles. The first-order valence-corrected chi connectivity index (χ1v) is 9.77. The third-order valence-electron chi connectivity index (χ3n) is 5.80. The molecule has 132 valence electrons. The van der Waals surface area contributed by atoms with Crippen LogP contribution in [0, 0.1) is 13.8 Å². The number of hydrogen-bond acceptors (Lipinski definition) is 1. The molecule has 0 N–H and O–H groups in total. The Labute approximate surface area is 175 Å². The van der Waals surface area contributed by atoms with E-state index in [4.69, 9.17) is 0 Å². The first-order valence-electron chi connectivity index (χ1n) is 9.77. The molecule has 2 saturated carbocycles. The Kier molecular flexibility index (Phi) is 8.31. The summed E-state index contributed by atoms with van der Waals surface area (Å²) in [5, 5.41) is 4.60. The number of amides is 2. The maximum atomic E-state index is 13.2. The van der Waals surface area contributed by atoms with Crippen molar-refractivity contribution in [2.75, 3.05) is 0 Å². The van der Waals surface area contributed by atoms with E-state index in [0.29, 0.717) is 12.1 Å². The van der Waals surface area contributed by atoms with E-state index in [-0.39, 0.29) is 35.6 Å². The van der Waals surface area contributed by atoms with E-state index in [1.54, 1.807) is 0 Å². The first kappa shape index (κ1) is 20.8. The Morgan fingerprint density at radius 2 is 1.32 bits per heavy atom. The topological polar surface area (TPSA) is 34.4 Å². The van der Waals surface area contributed by atoms with Crippen molar-refractivity contribution in [2.24, 2.45) is 0 Å². The van der Waals surface area contributed by atoms with Crippen molar-refractivity contribution in [2.45, 2.75) is 90.1 Å². The Morgan fingerprint density at radius 1 is 0.880 bits per heavy atom. The minimum atomic E-state index is 0. The summed E-state index contributed by atoms with van der Waals surface area (Å²) in [7, 11) is 0. The van der Waals surface area contributed by atoms with E-state index in [2.05, 4.69) is 10.2 Å². The van der Waals surface area contributed by atoms with Crippen molar-refractivity contribution in [3.05, 3.63) is 34.6 Å². The molecule has 2 amide bonds. The van der Waals surface area contributed by atoms with Gasteiger partial charge in [-0.1, -0.05) is 82.4 Å². The molecule has 0 unspecified atom stereocenters. The van der Waals surface area contributed by atoms with Gasteiger partial charge in [0.05, 0.1) is 0 Å². The van der Waals surface area contributed by atoms with Crippen LogP contribution >= 0.6 is 0 Å². The van der Waals surface area contributed by atoms with Gasteiger partial charge in [-0.05, 0) is 42.7 Å². The average Bonchev–Trinajstić information content (AvgIpc) is 2.60. The second-order valence-corrected chi connectivity index (χ2v) is 7.63. The summed E-state index contributed by atoms with van der Waals surface area (Å²) in [6, 6.07) is 6.94. The number of urea groups is 1.